The van der Waals surface area contributed by atoms with Crippen LogP contribution in [0.4, 0.5) is 5.69 Å². The van der Waals surface area contributed by atoms with Crippen molar-refractivity contribution in [3.63, 3.8) is 0 Å². The SMILES string of the molecule is CS(=O)(=O)Nc1cc(S(=O)(=O)O)cc2cc(S(=O)(=O)O)cc(SOOO)c12. The van der Waals surface area contributed by atoms with Crippen LogP contribution in [0.1, 0.15) is 0 Å². The van der Waals surface area contributed by atoms with Crippen molar-refractivity contribution >= 4 is 58.8 Å². The van der Waals surface area contributed by atoms with Gasteiger partial charge in [0.2, 0.25) is 10.0 Å². The zero-order valence-electron chi connectivity index (χ0n) is 13.1. The predicted molar refractivity (Wildman–Crippen MR) is 92.7 cm³/mol. The van der Waals surface area contributed by atoms with Crippen LogP contribution in [0.15, 0.2) is 39.0 Å². The van der Waals surface area contributed by atoms with Gasteiger partial charge in [-0.15, -0.1) is 4.33 Å². The maximum atomic E-state index is 11.6. The molecule has 0 saturated heterocycles. The molecule has 0 radical (unpaired) electrons. The smallest absolute Gasteiger partial charge is 0.283 e. The van der Waals surface area contributed by atoms with E-state index >= 15 is 0 Å². The summed E-state index contributed by atoms with van der Waals surface area (Å²) in [5.41, 5.74) is -0.353. The van der Waals surface area contributed by atoms with Crippen LogP contribution in [0.25, 0.3) is 10.8 Å². The lowest BCUT2D eigenvalue weighted by atomic mass is 10.1. The molecule has 27 heavy (non-hydrogen) atoms. The van der Waals surface area contributed by atoms with Gasteiger partial charge in [0.05, 0.1) is 33.8 Å². The third-order valence-electron chi connectivity index (χ3n) is 3.01. The normalized spacial score (nSPS) is 13.0. The average Bonchev–Trinajstić information content (AvgIpc) is 2.48. The van der Waals surface area contributed by atoms with Gasteiger partial charge in [0, 0.05) is 10.3 Å². The molecule has 0 spiro atoms. The Labute approximate surface area is 157 Å². The molecule has 0 unspecified atom stereocenters. The third kappa shape index (κ3) is 5.50. The number of sulfonamides is 1. The maximum absolute atomic E-state index is 11.6. The molecule has 0 saturated carbocycles. The van der Waals surface area contributed by atoms with E-state index in [1.807, 2.05) is 4.72 Å². The van der Waals surface area contributed by atoms with E-state index in [9.17, 15) is 34.4 Å². The van der Waals surface area contributed by atoms with Gasteiger partial charge in [-0.1, -0.05) is 5.04 Å². The van der Waals surface area contributed by atoms with E-state index < -0.39 is 40.1 Å². The van der Waals surface area contributed by atoms with Gasteiger partial charge in [-0.2, -0.15) is 16.8 Å². The summed E-state index contributed by atoms with van der Waals surface area (Å²) in [6, 6.07) is 3.34. The average molecular weight is 461 g/mol. The highest BCUT2D eigenvalue weighted by molar-refractivity contribution is 7.95. The van der Waals surface area contributed by atoms with E-state index in [2.05, 4.69) is 9.37 Å². The Morgan fingerprint density at radius 2 is 1.44 bits per heavy atom. The second kappa shape index (κ2) is 7.49. The summed E-state index contributed by atoms with van der Waals surface area (Å²) >= 11 is 0.239. The second-order valence-electron chi connectivity index (χ2n) is 5.04. The molecule has 0 fully saturated rings. The molecule has 0 atom stereocenters. The van der Waals surface area contributed by atoms with Crippen molar-refractivity contribution in [1.82, 2.24) is 0 Å². The topological polar surface area (TPSA) is 194 Å². The standard InChI is InChI=1S/C11H11NO11S4/c1-25(14,15)12-9-4-7(26(16,17)18)2-6-3-8(27(19,20)21)5-10(11(6)9)24-23-22-13/h2-5,12-13H,1H3,(H,16,17,18)(H,19,20,21). The van der Waals surface area contributed by atoms with Crippen molar-refractivity contribution in [2.45, 2.75) is 14.7 Å². The van der Waals surface area contributed by atoms with E-state index in [0.29, 0.717) is 0 Å². The van der Waals surface area contributed by atoms with Crippen LogP contribution in [0, 0.1) is 0 Å². The summed E-state index contributed by atoms with van der Waals surface area (Å²) in [5, 5.41) is 11.5. The minimum absolute atomic E-state index is 0.0673. The highest BCUT2D eigenvalue weighted by Crippen LogP contribution is 2.38. The Morgan fingerprint density at radius 1 is 0.926 bits per heavy atom. The van der Waals surface area contributed by atoms with Crippen molar-refractivity contribution in [1.29, 1.82) is 0 Å². The first kappa shape index (κ1) is 21.8. The number of hydrogen-bond acceptors (Lipinski definition) is 10. The van der Waals surface area contributed by atoms with Crippen LogP contribution in [0.2, 0.25) is 0 Å². The molecular weight excluding hydrogens is 450 g/mol. The molecule has 16 heteroatoms. The van der Waals surface area contributed by atoms with Crippen LogP contribution in [-0.4, -0.2) is 45.9 Å². The van der Waals surface area contributed by atoms with Crippen LogP contribution in [0.3, 0.4) is 0 Å². The molecule has 0 aromatic heterocycles. The van der Waals surface area contributed by atoms with Gasteiger partial charge in [0.15, 0.2) is 0 Å². The number of anilines is 1. The minimum atomic E-state index is -4.80. The largest absolute Gasteiger partial charge is 0.294 e. The number of hydrogen-bond donors (Lipinski definition) is 4. The van der Waals surface area contributed by atoms with Gasteiger partial charge in [-0.05, 0) is 29.7 Å². The molecule has 0 aliphatic carbocycles. The summed E-state index contributed by atoms with van der Waals surface area (Å²) < 4.78 is 93.8. The molecular formula is C11H11NO11S4. The van der Waals surface area contributed by atoms with Gasteiger partial charge in [0.1, 0.15) is 0 Å². The van der Waals surface area contributed by atoms with E-state index in [4.69, 9.17) is 5.26 Å². The highest BCUT2D eigenvalue weighted by atomic mass is 32.2. The molecule has 0 heterocycles. The Kier molecular flexibility index (Phi) is 6.05. The summed E-state index contributed by atoms with van der Waals surface area (Å²) in [5.74, 6) is 0. The third-order valence-corrected chi connectivity index (χ3v) is 5.89. The maximum Gasteiger partial charge on any atom is 0.294 e. The Hall–Kier alpha value is -1.50. The quantitative estimate of drug-likeness (QED) is 0.199. The summed E-state index contributed by atoms with van der Waals surface area (Å²) in [6.45, 7) is 0. The van der Waals surface area contributed by atoms with Crippen LogP contribution < -0.4 is 4.72 Å². The van der Waals surface area contributed by atoms with Crippen molar-refractivity contribution in [3.8, 4) is 0 Å². The van der Waals surface area contributed by atoms with Crippen molar-refractivity contribution in [3.05, 3.63) is 24.3 Å². The molecule has 2 rings (SSSR count). The number of nitrogens with one attached hydrogen (secondary N) is 1. The molecule has 2 aromatic rings. The van der Waals surface area contributed by atoms with Crippen molar-refractivity contribution in [2.75, 3.05) is 11.0 Å². The zero-order valence-corrected chi connectivity index (χ0v) is 16.3. The monoisotopic (exact) mass is 461 g/mol. The lowest BCUT2D eigenvalue weighted by Crippen LogP contribution is -2.11. The van der Waals surface area contributed by atoms with E-state index in [1.165, 1.54) is 0 Å². The van der Waals surface area contributed by atoms with Crippen molar-refractivity contribution < 1.29 is 49.0 Å². The first-order valence-corrected chi connectivity index (χ1v) is 11.9. The van der Waals surface area contributed by atoms with Gasteiger partial charge in [-0.25, -0.2) is 13.7 Å². The van der Waals surface area contributed by atoms with Crippen molar-refractivity contribution in [2.24, 2.45) is 0 Å². The zero-order chi connectivity index (χ0) is 20.6. The Balaban J connectivity index is 2.99. The van der Waals surface area contributed by atoms with Gasteiger partial charge >= 0.3 is 0 Å². The van der Waals surface area contributed by atoms with E-state index in [-0.39, 0.29) is 33.4 Å². The van der Waals surface area contributed by atoms with E-state index in [1.54, 1.807) is 0 Å². The number of rotatable bonds is 7. The number of benzene rings is 2. The van der Waals surface area contributed by atoms with Crippen LogP contribution in [0.5, 0.6) is 0 Å². The fourth-order valence-electron chi connectivity index (χ4n) is 2.12. The van der Waals surface area contributed by atoms with Gasteiger partial charge in [0.25, 0.3) is 20.2 Å². The number of fused-ring (bicyclic) bond motifs is 1. The fourth-order valence-corrected chi connectivity index (χ4v) is 4.43. The van der Waals surface area contributed by atoms with Crippen LogP contribution in [-0.2, 0) is 39.6 Å². The molecule has 0 amide bonds. The van der Waals surface area contributed by atoms with Gasteiger partial charge < -0.3 is 0 Å². The molecule has 4 N–H and O–H groups in total. The van der Waals surface area contributed by atoms with Crippen LogP contribution >= 0.6 is 12.0 Å². The Morgan fingerprint density at radius 3 is 1.89 bits per heavy atom. The lowest BCUT2D eigenvalue weighted by molar-refractivity contribution is -0.432. The van der Waals surface area contributed by atoms with E-state index in [0.717, 1.165) is 30.5 Å². The fraction of sp³-hybridized carbons (Fsp3) is 0.0909. The minimum Gasteiger partial charge on any atom is -0.283 e. The predicted octanol–water partition coefficient (Wildman–Crippen LogP) is 1.13. The summed E-state index contributed by atoms with van der Waals surface area (Å²) in [7, 11) is -13.5. The molecule has 12 nitrogen and oxygen atoms in total. The second-order valence-corrected chi connectivity index (χ2v) is 10.4. The molecule has 0 bridgehead atoms. The molecule has 2 aromatic carbocycles. The molecule has 0 aliphatic rings. The molecule has 150 valence electrons. The summed E-state index contributed by atoms with van der Waals surface area (Å²) in [6.07, 6.45) is 0.769. The highest BCUT2D eigenvalue weighted by Gasteiger charge is 2.21. The Bertz CT molecular complexity index is 1200. The lowest BCUT2D eigenvalue weighted by Gasteiger charge is -2.14. The first-order valence-electron chi connectivity index (χ1n) is 6.42. The first-order chi connectivity index (χ1) is 12.2. The van der Waals surface area contributed by atoms with Gasteiger partial charge in [-0.3, -0.25) is 13.8 Å². The summed E-state index contributed by atoms with van der Waals surface area (Å²) in [4.78, 5) is -1.62. The molecule has 0 aliphatic heterocycles.